The maximum Gasteiger partial charge on any atom is 0.179 e. The summed E-state index contributed by atoms with van der Waals surface area (Å²) in [5.41, 5.74) is 1.33. The fourth-order valence-corrected chi connectivity index (χ4v) is 2.72. The van der Waals surface area contributed by atoms with Crippen molar-refractivity contribution in [1.29, 1.82) is 0 Å². The summed E-state index contributed by atoms with van der Waals surface area (Å²) in [6.45, 7) is 1.44. The number of nitrogens with one attached hydrogen (secondary N) is 1. The van der Waals surface area contributed by atoms with E-state index in [-0.39, 0.29) is 5.82 Å². The molecule has 110 valence electrons. The van der Waals surface area contributed by atoms with Crippen LogP contribution >= 0.6 is 27.5 Å². The smallest absolute Gasteiger partial charge is 0.179 e. The molecule has 3 rings (SSSR count). The third kappa shape index (κ3) is 3.24. The normalized spacial score (nSPS) is 13.1. The minimum atomic E-state index is -0.312. The van der Waals surface area contributed by atoms with Crippen LogP contribution in [0, 0.1) is 5.82 Å². The van der Waals surface area contributed by atoms with E-state index in [0.717, 1.165) is 5.56 Å². The van der Waals surface area contributed by atoms with Gasteiger partial charge in [0.2, 0.25) is 0 Å². The van der Waals surface area contributed by atoms with Crippen LogP contribution in [0.2, 0.25) is 5.02 Å². The van der Waals surface area contributed by atoms with Crippen LogP contribution in [0.1, 0.15) is 5.56 Å². The van der Waals surface area contributed by atoms with E-state index in [0.29, 0.717) is 46.4 Å². The molecule has 2 aromatic rings. The molecule has 2 aromatic carbocycles. The van der Waals surface area contributed by atoms with Crippen LogP contribution in [0.3, 0.4) is 0 Å². The molecule has 1 aliphatic heterocycles. The minimum absolute atomic E-state index is 0.312. The Kier molecular flexibility index (Phi) is 4.22. The van der Waals surface area contributed by atoms with Crippen LogP contribution in [0.5, 0.6) is 11.5 Å². The Morgan fingerprint density at radius 3 is 2.81 bits per heavy atom. The molecule has 0 atom stereocenters. The van der Waals surface area contributed by atoms with Gasteiger partial charge in [0.25, 0.3) is 0 Å². The summed E-state index contributed by atoms with van der Waals surface area (Å²) in [6, 6.07) is 8.52. The zero-order valence-electron chi connectivity index (χ0n) is 11.0. The van der Waals surface area contributed by atoms with Crippen molar-refractivity contribution in [2.45, 2.75) is 6.54 Å². The molecule has 3 nitrogen and oxygen atoms in total. The van der Waals surface area contributed by atoms with Gasteiger partial charge in [-0.1, -0.05) is 27.5 Å². The maximum absolute atomic E-state index is 13.7. The Balaban J connectivity index is 1.77. The molecule has 0 aliphatic carbocycles. The van der Waals surface area contributed by atoms with Gasteiger partial charge in [-0.3, -0.25) is 0 Å². The highest BCUT2D eigenvalue weighted by molar-refractivity contribution is 9.10. The van der Waals surface area contributed by atoms with E-state index < -0.39 is 0 Å². The lowest BCUT2D eigenvalue weighted by atomic mass is 10.2. The highest BCUT2D eigenvalue weighted by atomic mass is 79.9. The quantitative estimate of drug-likeness (QED) is 0.852. The second kappa shape index (κ2) is 6.12. The predicted octanol–water partition coefficient (Wildman–Crippen LogP) is 4.62. The Labute approximate surface area is 135 Å². The molecule has 1 aliphatic rings. The van der Waals surface area contributed by atoms with Gasteiger partial charge < -0.3 is 14.8 Å². The fourth-order valence-electron chi connectivity index (χ4n) is 2.10. The zero-order chi connectivity index (χ0) is 14.8. The van der Waals surface area contributed by atoms with Crippen LogP contribution in [-0.4, -0.2) is 13.2 Å². The summed E-state index contributed by atoms with van der Waals surface area (Å²) in [5, 5.41) is 3.54. The Morgan fingerprint density at radius 2 is 2.00 bits per heavy atom. The summed E-state index contributed by atoms with van der Waals surface area (Å²) < 4.78 is 25.4. The SMILES string of the molecule is Fc1cc(Br)ccc1NCc1cc(Cl)c2c(c1)OCCO2. The fraction of sp³-hybridized carbons (Fsp3) is 0.200. The highest BCUT2D eigenvalue weighted by Gasteiger charge is 2.16. The van der Waals surface area contributed by atoms with Gasteiger partial charge in [-0.15, -0.1) is 0 Å². The minimum Gasteiger partial charge on any atom is -0.486 e. The first kappa shape index (κ1) is 14.5. The van der Waals surface area contributed by atoms with E-state index in [9.17, 15) is 4.39 Å². The first-order valence-corrected chi connectivity index (χ1v) is 7.57. The molecule has 0 spiro atoms. The van der Waals surface area contributed by atoms with E-state index in [4.69, 9.17) is 21.1 Å². The third-order valence-electron chi connectivity index (χ3n) is 3.07. The third-order valence-corrected chi connectivity index (χ3v) is 3.84. The van der Waals surface area contributed by atoms with Crippen molar-refractivity contribution in [2.24, 2.45) is 0 Å². The molecule has 0 saturated carbocycles. The molecular weight excluding hydrogens is 361 g/mol. The summed E-state index contributed by atoms with van der Waals surface area (Å²) in [6.07, 6.45) is 0. The van der Waals surface area contributed by atoms with Gasteiger partial charge in [-0.2, -0.15) is 0 Å². The standard InChI is InChI=1S/C15H12BrClFNO2/c16-10-1-2-13(12(18)7-10)19-8-9-5-11(17)15-14(6-9)20-3-4-21-15/h1-2,5-7,19H,3-4,8H2. The van der Waals surface area contributed by atoms with E-state index in [1.54, 1.807) is 18.2 Å². The molecule has 6 heteroatoms. The molecule has 0 saturated heterocycles. The van der Waals surface area contributed by atoms with Crippen molar-refractivity contribution in [3.05, 3.63) is 51.2 Å². The number of hydrogen-bond donors (Lipinski definition) is 1. The summed E-state index contributed by atoms with van der Waals surface area (Å²) in [5.74, 6) is 0.885. The Hall–Kier alpha value is -1.46. The summed E-state index contributed by atoms with van der Waals surface area (Å²) >= 11 is 9.40. The molecular formula is C15H12BrClFNO2. The predicted molar refractivity (Wildman–Crippen MR) is 83.9 cm³/mol. The van der Waals surface area contributed by atoms with Crippen LogP contribution in [0.4, 0.5) is 10.1 Å². The van der Waals surface area contributed by atoms with E-state index in [1.807, 2.05) is 6.07 Å². The van der Waals surface area contributed by atoms with Gasteiger partial charge in [0, 0.05) is 11.0 Å². The Bertz CT molecular complexity index is 681. The van der Waals surface area contributed by atoms with Gasteiger partial charge in [0.05, 0.1) is 10.7 Å². The average Bonchev–Trinajstić information content (AvgIpc) is 2.46. The van der Waals surface area contributed by atoms with Crippen LogP contribution in [0.25, 0.3) is 0 Å². The van der Waals surface area contributed by atoms with E-state index >= 15 is 0 Å². The van der Waals surface area contributed by atoms with Crippen LogP contribution in [0.15, 0.2) is 34.8 Å². The molecule has 1 N–H and O–H groups in total. The molecule has 1 heterocycles. The first-order valence-electron chi connectivity index (χ1n) is 6.40. The molecule has 0 unspecified atom stereocenters. The largest absolute Gasteiger partial charge is 0.486 e. The zero-order valence-corrected chi connectivity index (χ0v) is 13.3. The topological polar surface area (TPSA) is 30.5 Å². The number of fused-ring (bicyclic) bond motifs is 1. The van der Waals surface area contributed by atoms with Gasteiger partial charge in [-0.05, 0) is 35.9 Å². The molecule has 0 bridgehead atoms. The number of hydrogen-bond acceptors (Lipinski definition) is 3. The van der Waals surface area contributed by atoms with Gasteiger partial charge in [-0.25, -0.2) is 4.39 Å². The van der Waals surface area contributed by atoms with Crippen molar-refractivity contribution >= 4 is 33.2 Å². The number of ether oxygens (including phenoxy) is 2. The first-order chi connectivity index (χ1) is 10.1. The molecule has 0 amide bonds. The van der Waals surface area contributed by atoms with Crippen LogP contribution in [-0.2, 0) is 6.54 Å². The van der Waals surface area contributed by atoms with Gasteiger partial charge >= 0.3 is 0 Å². The van der Waals surface area contributed by atoms with Crippen molar-refractivity contribution < 1.29 is 13.9 Å². The second-order valence-corrected chi connectivity index (χ2v) is 5.90. The van der Waals surface area contributed by atoms with E-state index in [1.165, 1.54) is 6.07 Å². The average molecular weight is 373 g/mol. The summed E-state index contributed by atoms with van der Waals surface area (Å²) in [4.78, 5) is 0. The second-order valence-electron chi connectivity index (χ2n) is 4.58. The van der Waals surface area contributed by atoms with Gasteiger partial charge in [0.1, 0.15) is 19.0 Å². The lowest BCUT2D eigenvalue weighted by molar-refractivity contribution is 0.171. The maximum atomic E-state index is 13.7. The van der Waals surface area contributed by atoms with Crippen molar-refractivity contribution in [2.75, 3.05) is 18.5 Å². The number of halogens is 3. The summed E-state index contributed by atoms with van der Waals surface area (Å²) in [7, 11) is 0. The lowest BCUT2D eigenvalue weighted by Crippen LogP contribution is -2.16. The van der Waals surface area contributed by atoms with Gasteiger partial charge in [0.15, 0.2) is 11.5 Å². The monoisotopic (exact) mass is 371 g/mol. The van der Waals surface area contributed by atoms with Crippen molar-refractivity contribution in [3.63, 3.8) is 0 Å². The number of anilines is 1. The molecule has 21 heavy (non-hydrogen) atoms. The molecule has 0 fully saturated rings. The molecule has 0 radical (unpaired) electrons. The lowest BCUT2D eigenvalue weighted by Gasteiger charge is -2.20. The molecule has 0 aromatic heterocycles. The number of rotatable bonds is 3. The number of benzene rings is 2. The van der Waals surface area contributed by atoms with E-state index in [2.05, 4.69) is 21.2 Å². The van der Waals surface area contributed by atoms with Crippen molar-refractivity contribution in [1.82, 2.24) is 0 Å². The Morgan fingerprint density at radius 1 is 1.19 bits per heavy atom. The van der Waals surface area contributed by atoms with Crippen molar-refractivity contribution in [3.8, 4) is 11.5 Å². The van der Waals surface area contributed by atoms with Crippen LogP contribution < -0.4 is 14.8 Å². The highest BCUT2D eigenvalue weighted by Crippen LogP contribution is 2.38.